The summed E-state index contributed by atoms with van der Waals surface area (Å²) < 4.78 is 22.5. The first-order valence-electron chi connectivity index (χ1n) is 13.0. The maximum atomic E-state index is 13.2. The second-order valence-electron chi connectivity index (χ2n) is 9.36. The van der Waals surface area contributed by atoms with Crippen LogP contribution in [0.25, 0.3) is 22.5 Å². The van der Waals surface area contributed by atoms with Gasteiger partial charge < -0.3 is 24.1 Å². The molecule has 0 saturated heterocycles. The van der Waals surface area contributed by atoms with Gasteiger partial charge in [-0.2, -0.15) is 5.21 Å². The van der Waals surface area contributed by atoms with Crippen LogP contribution in [0.15, 0.2) is 48.5 Å². The van der Waals surface area contributed by atoms with Crippen LogP contribution in [-0.4, -0.2) is 60.6 Å². The Morgan fingerprint density at radius 1 is 0.951 bits per heavy atom. The van der Waals surface area contributed by atoms with E-state index in [0.717, 1.165) is 22.3 Å². The molecule has 0 spiro atoms. The molecule has 13 heteroatoms. The van der Waals surface area contributed by atoms with Crippen molar-refractivity contribution in [2.75, 3.05) is 13.2 Å². The summed E-state index contributed by atoms with van der Waals surface area (Å²) in [5.74, 6) is 0.0168. The first-order chi connectivity index (χ1) is 19.7. The van der Waals surface area contributed by atoms with E-state index in [9.17, 15) is 14.7 Å². The standard InChI is InChI=1S/C28H32N6O7/c1-5-38-16-22-29-23(24(28(3,4)37)34(22)17-41-27(36)39-6-2)26(35)40-15-18-11-13-19(14-12-18)20-9-7-8-10-21(20)25-30-32-33-31-25/h7-14,37H,5-6,15-17H2,1-4H3,(H,30,31,32,33). The Morgan fingerprint density at radius 3 is 2.32 bits per heavy atom. The first-order valence-corrected chi connectivity index (χ1v) is 13.0. The molecule has 0 unspecified atom stereocenters. The fourth-order valence-electron chi connectivity index (χ4n) is 4.18. The lowest BCUT2D eigenvalue weighted by Gasteiger charge is -2.22. The van der Waals surface area contributed by atoms with Crippen molar-refractivity contribution in [3.8, 4) is 22.5 Å². The number of H-pyrrole nitrogens is 1. The van der Waals surface area contributed by atoms with Gasteiger partial charge in [0.15, 0.2) is 12.4 Å². The quantitative estimate of drug-likeness (QED) is 0.239. The van der Waals surface area contributed by atoms with Gasteiger partial charge in [0, 0.05) is 12.2 Å². The van der Waals surface area contributed by atoms with Gasteiger partial charge in [-0.3, -0.25) is 4.57 Å². The number of rotatable bonds is 12. The van der Waals surface area contributed by atoms with E-state index in [4.69, 9.17) is 18.9 Å². The number of carbonyl (C=O) groups excluding carboxylic acids is 2. The average Bonchev–Trinajstić information content (AvgIpc) is 3.63. The lowest BCUT2D eigenvalue weighted by molar-refractivity contribution is 0.0211. The Morgan fingerprint density at radius 2 is 1.68 bits per heavy atom. The summed E-state index contributed by atoms with van der Waals surface area (Å²) in [6.45, 7) is 6.62. The summed E-state index contributed by atoms with van der Waals surface area (Å²) in [7, 11) is 0. The Bertz CT molecular complexity index is 1460. The summed E-state index contributed by atoms with van der Waals surface area (Å²) in [4.78, 5) is 29.4. The molecule has 0 amide bonds. The minimum Gasteiger partial charge on any atom is -0.456 e. The van der Waals surface area contributed by atoms with Crippen molar-refractivity contribution in [2.45, 2.75) is 53.2 Å². The molecule has 4 rings (SSSR count). The number of aromatic amines is 1. The Kier molecular flexibility index (Phi) is 9.42. The third-order valence-electron chi connectivity index (χ3n) is 5.98. The van der Waals surface area contributed by atoms with Crippen molar-refractivity contribution >= 4 is 12.1 Å². The van der Waals surface area contributed by atoms with Crippen LogP contribution in [0.5, 0.6) is 0 Å². The van der Waals surface area contributed by atoms with Gasteiger partial charge in [-0.15, -0.1) is 10.2 Å². The minimum atomic E-state index is -1.53. The molecule has 0 fully saturated rings. The summed E-state index contributed by atoms with van der Waals surface area (Å²) >= 11 is 0. The Balaban J connectivity index is 1.53. The van der Waals surface area contributed by atoms with Gasteiger partial charge in [-0.1, -0.05) is 48.5 Å². The van der Waals surface area contributed by atoms with E-state index >= 15 is 0 Å². The molecular formula is C28H32N6O7. The lowest BCUT2D eigenvalue weighted by atomic mass is 9.98. The van der Waals surface area contributed by atoms with Crippen molar-refractivity contribution in [3.63, 3.8) is 0 Å². The minimum absolute atomic E-state index is 0.0197. The lowest BCUT2D eigenvalue weighted by Crippen LogP contribution is -2.26. The number of aromatic nitrogens is 6. The molecule has 2 N–H and O–H groups in total. The maximum absolute atomic E-state index is 13.2. The van der Waals surface area contributed by atoms with Gasteiger partial charge in [-0.05, 0) is 49.6 Å². The number of tetrazole rings is 1. The number of aliphatic hydroxyl groups is 1. The number of benzene rings is 2. The fraction of sp³-hybridized carbons (Fsp3) is 0.357. The fourth-order valence-corrected chi connectivity index (χ4v) is 4.18. The van der Waals surface area contributed by atoms with E-state index < -0.39 is 17.7 Å². The number of ether oxygens (including phenoxy) is 4. The third-order valence-corrected chi connectivity index (χ3v) is 5.98. The third kappa shape index (κ3) is 7.13. The Labute approximate surface area is 236 Å². The zero-order valence-electron chi connectivity index (χ0n) is 23.3. The highest BCUT2D eigenvalue weighted by molar-refractivity contribution is 5.89. The molecule has 2 aromatic heterocycles. The van der Waals surface area contributed by atoms with Crippen LogP contribution in [0.4, 0.5) is 4.79 Å². The molecular weight excluding hydrogens is 532 g/mol. The van der Waals surface area contributed by atoms with Crippen molar-refractivity contribution in [3.05, 3.63) is 71.3 Å². The highest BCUT2D eigenvalue weighted by atomic mass is 16.7. The summed E-state index contributed by atoms with van der Waals surface area (Å²) in [6.07, 6.45) is -0.891. The summed E-state index contributed by atoms with van der Waals surface area (Å²) in [6, 6.07) is 15.2. The van der Waals surface area contributed by atoms with Crippen LogP contribution in [0, 0.1) is 0 Å². The van der Waals surface area contributed by atoms with E-state index in [1.165, 1.54) is 18.4 Å². The molecule has 0 bridgehead atoms. The largest absolute Gasteiger partial charge is 0.510 e. The number of nitrogens with zero attached hydrogens (tertiary/aromatic N) is 5. The molecule has 0 aliphatic heterocycles. The topological polar surface area (TPSA) is 164 Å². The van der Waals surface area contributed by atoms with E-state index in [1.54, 1.807) is 6.92 Å². The first kappa shape index (κ1) is 29.4. The number of hydrogen-bond donors (Lipinski definition) is 2. The normalized spacial score (nSPS) is 11.3. The van der Waals surface area contributed by atoms with Crippen LogP contribution in [0.3, 0.4) is 0 Å². The molecule has 216 valence electrons. The van der Waals surface area contributed by atoms with Crippen molar-refractivity contribution in [1.82, 2.24) is 30.2 Å². The predicted octanol–water partition coefficient (Wildman–Crippen LogP) is 3.98. The molecule has 0 aliphatic rings. The molecule has 2 heterocycles. The molecule has 0 atom stereocenters. The molecule has 4 aromatic rings. The van der Waals surface area contributed by atoms with Crippen LogP contribution in [-0.2, 0) is 44.5 Å². The number of nitrogens with one attached hydrogen (secondary N) is 1. The highest BCUT2D eigenvalue weighted by Crippen LogP contribution is 2.30. The highest BCUT2D eigenvalue weighted by Gasteiger charge is 2.33. The average molecular weight is 565 g/mol. The zero-order valence-corrected chi connectivity index (χ0v) is 23.3. The van der Waals surface area contributed by atoms with E-state index in [1.807, 2.05) is 55.5 Å². The molecule has 0 saturated carbocycles. The van der Waals surface area contributed by atoms with Crippen LogP contribution < -0.4 is 0 Å². The monoisotopic (exact) mass is 564 g/mol. The molecule has 13 nitrogen and oxygen atoms in total. The summed E-state index contributed by atoms with van der Waals surface area (Å²) in [5, 5.41) is 25.2. The number of carbonyl (C=O) groups is 2. The van der Waals surface area contributed by atoms with Crippen LogP contribution in [0.2, 0.25) is 0 Å². The number of imidazole rings is 1. The van der Waals surface area contributed by atoms with Crippen LogP contribution in [0.1, 0.15) is 55.3 Å². The van der Waals surface area contributed by atoms with Crippen molar-refractivity contribution < 1.29 is 33.6 Å². The van der Waals surface area contributed by atoms with Gasteiger partial charge in [-0.25, -0.2) is 14.6 Å². The van der Waals surface area contributed by atoms with Gasteiger partial charge in [0.25, 0.3) is 0 Å². The van der Waals surface area contributed by atoms with Crippen molar-refractivity contribution in [2.24, 2.45) is 0 Å². The number of hydrogen-bond acceptors (Lipinski definition) is 11. The summed E-state index contributed by atoms with van der Waals surface area (Å²) in [5.41, 5.74) is 1.89. The van der Waals surface area contributed by atoms with Crippen LogP contribution >= 0.6 is 0 Å². The predicted molar refractivity (Wildman–Crippen MR) is 145 cm³/mol. The van der Waals surface area contributed by atoms with Gasteiger partial charge in [0.05, 0.1) is 12.3 Å². The van der Waals surface area contributed by atoms with E-state index in [0.29, 0.717) is 12.4 Å². The smallest absolute Gasteiger partial charge is 0.456 e. The van der Waals surface area contributed by atoms with Gasteiger partial charge in [0.2, 0.25) is 5.82 Å². The second kappa shape index (κ2) is 13.2. The van der Waals surface area contributed by atoms with Gasteiger partial charge in [0.1, 0.15) is 24.6 Å². The van der Waals surface area contributed by atoms with Gasteiger partial charge >= 0.3 is 12.1 Å². The Hall–Kier alpha value is -4.62. The molecule has 41 heavy (non-hydrogen) atoms. The molecule has 2 aromatic carbocycles. The maximum Gasteiger partial charge on any atom is 0.510 e. The molecule has 0 radical (unpaired) electrons. The van der Waals surface area contributed by atoms with E-state index in [2.05, 4.69) is 25.6 Å². The second-order valence-corrected chi connectivity index (χ2v) is 9.36. The SMILES string of the molecule is CCOCc1nc(C(=O)OCc2ccc(-c3ccccc3-c3nn[nH]n3)cc2)c(C(C)(C)O)n1COC(=O)OCC. The van der Waals surface area contributed by atoms with E-state index in [-0.39, 0.29) is 43.8 Å². The van der Waals surface area contributed by atoms with Crippen molar-refractivity contribution in [1.29, 1.82) is 0 Å². The zero-order chi connectivity index (χ0) is 29.4. The molecule has 0 aliphatic carbocycles. The number of esters is 1.